The lowest BCUT2D eigenvalue weighted by Gasteiger charge is -2.24. The molecule has 0 saturated carbocycles. The van der Waals surface area contributed by atoms with Gasteiger partial charge in [0.05, 0.1) is 5.56 Å². The average molecular weight is 361 g/mol. The molecule has 0 atom stereocenters. The average Bonchev–Trinajstić information content (AvgIpc) is 3.42. The van der Waals surface area contributed by atoms with Crippen molar-refractivity contribution in [1.82, 2.24) is 19.4 Å². The topological polar surface area (TPSA) is 54.3 Å². The molecule has 4 rings (SSSR count). The van der Waals surface area contributed by atoms with E-state index in [2.05, 4.69) is 33.1 Å². The van der Waals surface area contributed by atoms with Crippen LogP contribution in [0.4, 0.5) is 5.69 Å². The molecule has 1 aromatic carbocycles. The van der Waals surface area contributed by atoms with E-state index in [0.29, 0.717) is 12.1 Å². The van der Waals surface area contributed by atoms with Crippen molar-refractivity contribution >= 4 is 11.6 Å². The normalized spacial score (nSPS) is 13.7. The smallest absolute Gasteiger partial charge is 0.255 e. The summed E-state index contributed by atoms with van der Waals surface area (Å²) in [5, 5.41) is 0. The summed E-state index contributed by atoms with van der Waals surface area (Å²) < 4.78 is 1.81. The summed E-state index contributed by atoms with van der Waals surface area (Å²) in [6, 6.07) is 12.0. The second-order valence-corrected chi connectivity index (χ2v) is 6.86. The molecule has 3 heterocycles. The van der Waals surface area contributed by atoms with E-state index in [1.54, 1.807) is 23.6 Å². The van der Waals surface area contributed by atoms with Gasteiger partial charge in [0.1, 0.15) is 12.1 Å². The van der Waals surface area contributed by atoms with Crippen molar-refractivity contribution in [3.8, 4) is 5.82 Å². The number of nitrogens with zero attached hydrogens (tertiary/aromatic N) is 5. The summed E-state index contributed by atoms with van der Waals surface area (Å²) in [5.41, 5.74) is 3.00. The van der Waals surface area contributed by atoms with E-state index in [4.69, 9.17) is 0 Å². The lowest BCUT2D eigenvalue weighted by molar-refractivity contribution is 0.0785. The van der Waals surface area contributed by atoms with Crippen molar-refractivity contribution in [2.45, 2.75) is 19.4 Å². The lowest BCUT2D eigenvalue weighted by Crippen LogP contribution is -2.28. The van der Waals surface area contributed by atoms with Crippen molar-refractivity contribution in [3.05, 3.63) is 72.4 Å². The van der Waals surface area contributed by atoms with Crippen LogP contribution in [0.25, 0.3) is 5.82 Å². The van der Waals surface area contributed by atoms with Gasteiger partial charge in [0, 0.05) is 51.0 Å². The molecule has 138 valence electrons. The van der Waals surface area contributed by atoms with Crippen LogP contribution in [-0.2, 0) is 6.54 Å². The molecule has 0 bridgehead atoms. The fraction of sp³-hybridized carbons (Fsp3) is 0.286. The van der Waals surface area contributed by atoms with Gasteiger partial charge >= 0.3 is 0 Å². The molecule has 0 unspecified atom stereocenters. The Balaban J connectivity index is 1.48. The minimum Gasteiger partial charge on any atom is -0.371 e. The van der Waals surface area contributed by atoms with E-state index in [0.717, 1.165) is 18.9 Å². The molecule has 1 amide bonds. The first-order chi connectivity index (χ1) is 13.2. The molecule has 1 fully saturated rings. The first kappa shape index (κ1) is 17.3. The largest absolute Gasteiger partial charge is 0.371 e. The Morgan fingerprint density at radius 2 is 1.96 bits per heavy atom. The summed E-state index contributed by atoms with van der Waals surface area (Å²) in [4.78, 5) is 25.4. The third-order valence-corrected chi connectivity index (χ3v) is 4.96. The third-order valence-electron chi connectivity index (χ3n) is 4.96. The Morgan fingerprint density at radius 3 is 2.67 bits per heavy atom. The van der Waals surface area contributed by atoms with Gasteiger partial charge in [-0.15, -0.1) is 0 Å². The van der Waals surface area contributed by atoms with Crippen molar-refractivity contribution in [2.24, 2.45) is 0 Å². The number of hydrogen-bond donors (Lipinski definition) is 0. The van der Waals surface area contributed by atoms with Gasteiger partial charge in [-0.05, 0) is 36.6 Å². The third kappa shape index (κ3) is 3.69. The number of hydrogen-bond acceptors (Lipinski definition) is 4. The van der Waals surface area contributed by atoms with E-state index >= 15 is 0 Å². The lowest BCUT2D eigenvalue weighted by atomic mass is 10.1. The summed E-state index contributed by atoms with van der Waals surface area (Å²) >= 11 is 0. The zero-order valence-electron chi connectivity index (χ0n) is 15.5. The first-order valence-electron chi connectivity index (χ1n) is 9.25. The van der Waals surface area contributed by atoms with Crippen LogP contribution in [0.3, 0.4) is 0 Å². The highest BCUT2D eigenvalue weighted by Crippen LogP contribution is 2.25. The molecule has 1 aliphatic rings. The second-order valence-electron chi connectivity index (χ2n) is 6.86. The van der Waals surface area contributed by atoms with Crippen molar-refractivity contribution in [3.63, 3.8) is 0 Å². The Kier molecular flexibility index (Phi) is 4.87. The summed E-state index contributed by atoms with van der Waals surface area (Å²) in [6.07, 6.45) is 9.30. The van der Waals surface area contributed by atoms with Crippen LogP contribution in [0, 0.1) is 0 Å². The van der Waals surface area contributed by atoms with Gasteiger partial charge in [-0.1, -0.05) is 18.2 Å². The highest BCUT2D eigenvalue weighted by atomic mass is 16.2. The minimum atomic E-state index is -0.0316. The number of rotatable bonds is 5. The Morgan fingerprint density at radius 1 is 1.15 bits per heavy atom. The molecular weight excluding hydrogens is 338 g/mol. The number of pyridine rings is 1. The monoisotopic (exact) mass is 361 g/mol. The van der Waals surface area contributed by atoms with Gasteiger partial charge in [-0.3, -0.25) is 9.36 Å². The van der Waals surface area contributed by atoms with E-state index in [1.165, 1.54) is 24.1 Å². The zero-order valence-corrected chi connectivity index (χ0v) is 15.5. The highest BCUT2D eigenvalue weighted by Gasteiger charge is 2.18. The van der Waals surface area contributed by atoms with Gasteiger partial charge in [0.2, 0.25) is 0 Å². The fourth-order valence-electron chi connectivity index (χ4n) is 3.52. The highest BCUT2D eigenvalue weighted by molar-refractivity contribution is 5.93. The quantitative estimate of drug-likeness (QED) is 0.701. The van der Waals surface area contributed by atoms with Crippen LogP contribution in [0.1, 0.15) is 28.8 Å². The maximum absolute atomic E-state index is 12.8. The van der Waals surface area contributed by atoms with Crippen LogP contribution in [-0.4, -0.2) is 45.5 Å². The van der Waals surface area contributed by atoms with Crippen LogP contribution >= 0.6 is 0 Å². The van der Waals surface area contributed by atoms with Gasteiger partial charge in [0.25, 0.3) is 5.91 Å². The molecule has 0 radical (unpaired) electrons. The summed E-state index contributed by atoms with van der Waals surface area (Å²) in [7, 11) is 1.84. The van der Waals surface area contributed by atoms with Gasteiger partial charge < -0.3 is 9.80 Å². The van der Waals surface area contributed by atoms with Crippen molar-refractivity contribution in [2.75, 3.05) is 25.0 Å². The zero-order chi connectivity index (χ0) is 18.6. The second kappa shape index (κ2) is 7.61. The number of carbonyl (C=O) groups is 1. The van der Waals surface area contributed by atoms with Crippen molar-refractivity contribution in [1.29, 1.82) is 0 Å². The number of anilines is 1. The summed E-state index contributed by atoms with van der Waals surface area (Å²) in [5.74, 6) is 0.710. The molecule has 2 aromatic heterocycles. The standard InChI is InChI=1S/C21H23N5O/c1-24(15-18-6-2-3-7-19(18)25-11-4-5-12-25)21(27)17-8-9-20(23-14-17)26-13-10-22-16-26/h2-3,6-10,13-14,16H,4-5,11-12,15H2,1H3. The van der Waals surface area contributed by atoms with Gasteiger partial charge in [0.15, 0.2) is 0 Å². The Labute approximate surface area is 159 Å². The van der Waals surface area contributed by atoms with Crippen LogP contribution in [0.15, 0.2) is 61.3 Å². The predicted octanol–water partition coefficient (Wildman–Crippen LogP) is 3.14. The number of para-hydroxylation sites is 1. The minimum absolute atomic E-state index is 0.0316. The fourth-order valence-corrected chi connectivity index (χ4v) is 3.52. The SMILES string of the molecule is CN(Cc1ccccc1N1CCCC1)C(=O)c1ccc(-n2ccnc2)nc1. The Hall–Kier alpha value is -3.15. The van der Waals surface area contributed by atoms with Gasteiger partial charge in [-0.25, -0.2) is 9.97 Å². The van der Waals surface area contributed by atoms with Crippen LogP contribution in [0.2, 0.25) is 0 Å². The van der Waals surface area contributed by atoms with Crippen molar-refractivity contribution < 1.29 is 4.79 Å². The molecule has 0 spiro atoms. The molecule has 3 aromatic rings. The first-order valence-corrected chi connectivity index (χ1v) is 9.25. The molecule has 0 N–H and O–H groups in total. The van der Waals surface area contributed by atoms with E-state index in [9.17, 15) is 4.79 Å². The predicted molar refractivity (Wildman–Crippen MR) is 105 cm³/mol. The molecule has 0 aliphatic carbocycles. The molecule has 1 aliphatic heterocycles. The summed E-state index contributed by atoms with van der Waals surface area (Å²) in [6.45, 7) is 2.76. The molecule has 1 saturated heterocycles. The van der Waals surface area contributed by atoms with E-state index in [-0.39, 0.29) is 5.91 Å². The molecular formula is C21H23N5O. The maximum Gasteiger partial charge on any atom is 0.255 e. The molecule has 27 heavy (non-hydrogen) atoms. The van der Waals surface area contributed by atoms with Crippen LogP contribution < -0.4 is 4.90 Å². The number of aromatic nitrogens is 3. The van der Waals surface area contributed by atoms with Crippen LogP contribution in [0.5, 0.6) is 0 Å². The number of imidazole rings is 1. The van der Waals surface area contributed by atoms with Gasteiger partial charge in [-0.2, -0.15) is 0 Å². The maximum atomic E-state index is 12.8. The number of benzene rings is 1. The molecule has 6 nitrogen and oxygen atoms in total. The number of carbonyl (C=O) groups excluding carboxylic acids is 1. The Bertz CT molecular complexity index is 899. The molecule has 6 heteroatoms. The van der Waals surface area contributed by atoms with E-state index in [1.807, 2.05) is 36.0 Å². The van der Waals surface area contributed by atoms with E-state index < -0.39 is 0 Å². The number of amides is 1.